The lowest BCUT2D eigenvalue weighted by Gasteiger charge is -2.28. The number of carbonyl (C=O) groups is 3. The van der Waals surface area contributed by atoms with E-state index in [1.165, 1.54) is 0 Å². The van der Waals surface area contributed by atoms with Crippen molar-refractivity contribution in [3.63, 3.8) is 0 Å². The molecular formula is C18H23N3O4. The average Bonchev–Trinajstić information content (AvgIpc) is 2.63. The molecule has 2 fully saturated rings. The predicted octanol–water partition coefficient (Wildman–Crippen LogP) is 2.26. The Bertz CT molecular complexity index is 659. The van der Waals surface area contributed by atoms with Crippen molar-refractivity contribution in [3.05, 3.63) is 24.3 Å². The van der Waals surface area contributed by atoms with Crippen LogP contribution < -0.4 is 16.0 Å². The van der Waals surface area contributed by atoms with E-state index in [1.54, 1.807) is 29.2 Å². The summed E-state index contributed by atoms with van der Waals surface area (Å²) < 4.78 is 5.03. The number of amides is 3. The molecule has 1 aromatic rings. The lowest BCUT2D eigenvalue weighted by molar-refractivity contribution is -0.131. The SMILES string of the molecule is NC(=O)C1CCCCC1C(=O)Nc1ccc(N2CCCOC2=O)cc1. The predicted molar refractivity (Wildman–Crippen MR) is 93.0 cm³/mol. The Morgan fingerprint density at radius 3 is 2.40 bits per heavy atom. The van der Waals surface area contributed by atoms with Crippen molar-refractivity contribution in [1.29, 1.82) is 0 Å². The van der Waals surface area contributed by atoms with Gasteiger partial charge in [-0.2, -0.15) is 0 Å². The zero-order valence-electron chi connectivity index (χ0n) is 14.1. The van der Waals surface area contributed by atoms with Crippen LogP contribution in [-0.2, 0) is 14.3 Å². The maximum Gasteiger partial charge on any atom is 0.414 e. The molecular weight excluding hydrogens is 322 g/mol. The van der Waals surface area contributed by atoms with E-state index in [0.29, 0.717) is 31.7 Å². The van der Waals surface area contributed by atoms with E-state index in [9.17, 15) is 14.4 Å². The maximum absolute atomic E-state index is 12.5. The molecule has 0 aromatic heterocycles. The highest BCUT2D eigenvalue weighted by molar-refractivity contribution is 5.96. The Kier molecular flexibility index (Phi) is 5.21. The number of primary amides is 1. The van der Waals surface area contributed by atoms with Crippen LogP contribution in [0, 0.1) is 11.8 Å². The first-order valence-corrected chi connectivity index (χ1v) is 8.71. The fourth-order valence-electron chi connectivity index (χ4n) is 3.53. The first-order chi connectivity index (χ1) is 12.1. The topological polar surface area (TPSA) is 102 Å². The number of hydrogen-bond donors (Lipinski definition) is 2. The molecule has 7 nitrogen and oxygen atoms in total. The summed E-state index contributed by atoms with van der Waals surface area (Å²) in [6, 6.07) is 7.04. The molecule has 3 N–H and O–H groups in total. The third-order valence-electron chi connectivity index (χ3n) is 4.89. The van der Waals surface area contributed by atoms with E-state index < -0.39 is 11.8 Å². The van der Waals surface area contributed by atoms with Crippen molar-refractivity contribution in [3.8, 4) is 0 Å². The molecule has 2 atom stereocenters. The van der Waals surface area contributed by atoms with Crippen LogP contribution in [0.1, 0.15) is 32.1 Å². The second-order valence-corrected chi connectivity index (χ2v) is 6.56. The summed E-state index contributed by atoms with van der Waals surface area (Å²) in [6.45, 7) is 1.07. The highest BCUT2D eigenvalue weighted by atomic mass is 16.6. The fraction of sp³-hybridized carbons (Fsp3) is 0.500. The van der Waals surface area contributed by atoms with Crippen LogP contribution in [0.5, 0.6) is 0 Å². The quantitative estimate of drug-likeness (QED) is 0.874. The second kappa shape index (κ2) is 7.55. The number of hydrogen-bond acceptors (Lipinski definition) is 4. The van der Waals surface area contributed by atoms with Gasteiger partial charge in [-0.25, -0.2) is 4.79 Å². The van der Waals surface area contributed by atoms with Crippen LogP contribution in [0.4, 0.5) is 16.2 Å². The lowest BCUT2D eigenvalue weighted by Crippen LogP contribution is -2.39. The molecule has 0 bridgehead atoms. The van der Waals surface area contributed by atoms with Gasteiger partial charge in [-0.1, -0.05) is 12.8 Å². The van der Waals surface area contributed by atoms with E-state index in [-0.39, 0.29) is 17.9 Å². The van der Waals surface area contributed by atoms with Crippen molar-refractivity contribution in [2.75, 3.05) is 23.4 Å². The van der Waals surface area contributed by atoms with E-state index in [2.05, 4.69) is 5.32 Å². The Labute approximate surface area is 146 Å². The summed E-state index contributed by atoms with van der Waals surface area (Å²) in [5.41, 5.74) is 6.80. The molecule has 2 unspecified atom stereocenters. The number of benzene rings is 1. The molecule has 1 saturated carbocycles. The molecule has 0 radical (unpaired) electrons. The van der Waals surface area contributed by atoms with Gasteiger partial charge in [-0.05, 0) is 43.5 Å². The highest BCUT2D eigenvalue weighted by Crippen LogP contribution is 2.31. The molecule has 25 heavy (non-hydrogen) atoms. The number of anilines is 2. The van der Waals surface area contributed by atoms with Crippen LogP contribution in [0.15, 0.2) is 24.3 Å². The highest BCUT2D eigenvalue weighted by Gasteiger charge is 2.34. The summed E-state index contributed by atoms with van der Waals surface area (Å²) in [6.07, 6.45) is 3.64. The van der Waals surface area contributed by atoms with Gasteiger partial charge in [0.15, 0.2) is 0 Å². The number of nitrogens with zero attached hydrogens (tertiary/aromatic N) is 1. The third-order valence-corrected chi connectivity index (χ3v) is 4.89. The summed E-state index contributed by atoms with van der Waals surface area (Å²) >= 11 is 0. The normalized spacial score (nSPS) is 23.7. The van der Waals surface area contributed by atoms with Crippen molar-refractivity contribution in [2.45, 2.75) is 32.1 Å². The Hall–Kier alpha value is -2.57. The van der Waals surface area contributed by atoms with Gasteiger partial charge in [0.25, 0.3) is 0 Å². The molecule has 2 aliphatic rings. The Balaban J connectivity index is 1.65. The minimum atomic E-state index is -0.404. The van der Waals surface area contributed by atoms with Crippen LogP contribution in [0.25, 0.3) is 0 Å². The zero-order chi connectivity index (χ0) is 17.8. The van der Waals surface area contributed by atoms with Gasteiger partial charge < -0.3 is 15.8 Å². The van der Waals surface area contributed by atoms with E-state index in [4.69, 9.17) is 10.5 Å². The van der Waals surface area contributed by atoms with Gasteiger partial charge in [-0.15, -0.1) is 0 Å². The first-order valence-electron chi connectivity index (χ1n) is 8.71. The zero-order valence-corrected chi connectivity index (χ0v) is 14.1. The number of rotatable bonds is 4. The molecule has 3 amide bonds. The van der Waals surface area contributed by atoms with E-state index in [0.717, 1.165) is 24.9 Å². The van der Waals surface area contributed by atoms with Crippen LogP contribution >= 0.6 is 0 Å². The molecule has 1 saturated heterocycles. The smallest absolute Gasteiger partial charge is 0.414 e. The number of nitrogens with one attached hydrogen (secondary N) is 1. The maximum atomic E-state index is 12.5. The summed E-state index contributed by atoms with van der Waals surface area (Å²) in [4.78, 5) is 37.4. The van der Waals surface area contributed by atoms with Crippen LogP contribution in [0.2, 0.25) is 0 Å². The molecule has 0 spiro atoms. The summed E-state index contributed by atoms with van der Waals surface area (Å²) in [5, 5.41) is 2.86. The third kappa shape index (κ3) is 3.92. The van der Waals surface area contributed by atoms with Crippen LogP contribution in [-0.4, -0.2) is 31.1 Å². The number of nitrogens with two attached hydrogens (primary N) is 1. The molecule has 1 aromatic carbocycles. The number of carbonyl (C=O) groups excluding carboxylic acids is 3. The fourth-order valence-corrected chi connectivity index (χ4v) is 3.53. The Morgan fingerprint density at radius 1 is 1.08 bits per heavy atom. The van der Waals surface area contributed by atoms with Gasteiger partial charge >= 0.3 is 6.09 Å². The molecule has 1 aliphatic carbocycles. The number of ether oxygens (including phenoxy) is 1. The van der Waals surface area contributed by atoms with Gasteiger partial charge in [-0.3, -0.25) is 14.5 Å². The van der Waals surface area contributed by atoms with E-state index in [1.807, 2.05) is 0 Å². The lowest BCUT2D eigenvalue weighted by atomic mass is 9.78. The standard InChI is InChI=1S/C18H23N3O4/c19-16(22)14-4-1-2-5-15(14)17(23)20-12-6-8-13(9-7-12)21-10-3-11-25-18(21)24/h6-9,14-15H,1-5,10-11H2,(H2,19,22)(H,20,23). The molecule has 7 heteroatoms. The minimum Gasteiger partial charge on any atom is -0.449 e. The molecule has 3 rings (SSSR count). The Morgan fingerprint density at radius 2 is 1.76 bits per heavy atom. The van der Waals surface area contributed by atoms with Crippen molar-refractivity contribution in [2.24, 2.45) is 17.6 Å². The number of cyclic esters (lactones) is 1. The molecule has 1 heterocycles. The molecule has 134 valence electrons. The van der Waals surface area contributed by atoms with Crippen LogP contribution in [0.3, 0.4) is 0 Å². The van der Waals surface area contributed by atoms with Gasteiger partial charge in [0, 0.05) is 29.8 Å². The van der Waals surface area contributed by atoms with Gasteiger partial charge in [0.2, 0.25) is 11.8 Å². The van der Waals surface area contributed by atoms with Crippen molar-refractivity contribution >= 4 is 29.3 Å². The average molecular weight is 345 g/mol. The first kappa shape index (κ1) is 17.3. The summed E-state index contributed by atoms with van der Waals surface area (Å²) in [7, 11) is 0. The van der Waals surface area contributed by atoms with Crippen molar-refractivity contribution in [1.82, 2.24) is 0 Å². The van der Waals surface area contributed by atoms with Gasteiger partial charge in [0.05, 0.1) is 6.61 Å². The second-order valence-electron chi connectivity index (χ2n) is 6.56. The van der Waals surface area contributed by atoms with E-state index >= 15 is 0 Å². The largest absolute Gasteiger partial charge is 0.449 e. The minimum absolute atomic E-state index is 0.173. The van der Waals surface area contributed by atoms with Crippen molar-refractivity contribution < 1.29 is 19.1 Å². The summed E-state index contributed by atoms with van der Waals surface area (Å²) in [5.74, 6) is -1.34. The monoisotopic (exact) mass is 345 g/mol. The molecule has 1 aliphatic heterocycles. The van der Waals surface area contributed by atoms with Gasteiger partial charge in [0.1, 0.15) is 0 Å².